The van der Waals surface area contributed by atoms with E-state index in [0.29, 0.717) is 30.8 Å². The van der Waals surface area contributed by atoms with Crippen LogP contribution in [0.3, 0.4) is 0 Å². The SMILES string of the molecule is N#Cc1c(CCCNc2ncccc2S(N)(=O)=O)nn(-c2ccc(F)cc2)c1N. The van der Waals surface area contributed by atoms with Gasteiger partial charge in [0.05, 0.1) is 11.4 Å². The Hall–Kier alpha value is -3.49. The van der Waals surface area contributed by atoms with Crippen LogP contribution in [0.4, 0.5) is 16.0 Å². The number of aromatic nitrogens is 3. The van der Waals surface area contributed by atoms with Crippen LogP contribution in [0.5, 0.6) is 0 Å². The molecule has 0 atom stereocenters. The van der Waals surface area contributed by atoms with E-state index >= 15 is 0 Å². The van der Waals surface area contributed by atoms with Crippen LogP contribution < -0.4 is 16.2 Å². The zero-order valence-electron chi connectivity index (χ0n) is 15.2. The van der Waals surface area contributed by atoms with Crippen LogP contribution in [0, 0.1) is 17.1 Å². The van der Waals surface area contributed by atoms with Crippen molar-refractivity contribution in [1.29, 1.82) is 5.26 Å². The first-order chi connectivity index (χ1) is 13.8. The predicted molar refractivity (Wildman–Crippen MR) is 105 cm³/mol. The number of nitriles is 1. The second-order valence-electron chi connectivity index (χ2n) is 6.13. The first kappa shape index (κ1) is 20.2. The molecule has 0 aliphatic heterocycles. The quantitative estimate of drug-likeness (QED) is 0.495. The molecule has 0 spiro atoms. The number of hydrogen-bond donors (Lipinski definition) is 3. The van der Waals surface area contributed by atoms with Crippen LogP contribution in [-0.4, -0.2) is 29.7 Å². The molecule has 0 saturated heterocycles. The Bertz CT molecular complexity index is 1170. The number of pyridine rings is 1. The van der Waals surface area contributed by atoms with Gasteiger partial charge in [0.25, 0.3) is 0 Å². The highest BCUT2D eigenvalue weighted by atomic mass is 32.2. The minimum Gasteiger partial charge on any atom is -0.382 e. The molecule has 0 aliphatic carbocycles. The number of hydrogen-bond acceptors (Lipinski definition) is 7. The van der Waals surface area contributed by atoms with E-state index in [2.05, 4.69) is 15.4 Å². The summed E-state index contributed by atoms with van der Waals surface area (Å²) in [5, 5.41) is 21.9. The number of nitrogens with two attached hydrogens (primary N) is 2. The van der Waals surface area contributed by atoms with E-state index in [-0.39, 0.29) is 27.9 Å². The fourth-order valence-electron chi connectivity index (χ4n) is 2.77. The fourth-order valence-corrected chi connectivity index (χ4v) is 3.43. The summed E-state index contributed by atoms with van der Waals surface area (Å²) in [6, 6.07) is 10.5. The summed E-state index contributed by atoms with van der Waals surface area (Å²) >= 11 is 0. The molecular formula is C18H18FN7O2S. The van der Waals surface area contributed by atoms with Gasteiger partial charge in [-0.2, -0.15) is 10.4 Å². The van der Waals surface area contributed by atoms with E-state index in [4.69, 9.17) is 10.9 Å². The molecular weight excluding hydrogens is 397 g/mol. The normalized spacial score (nSPS) is 11.2. The van der Waals surface area contributed by atoms with Gasteiger partial charge in [0, 0.05) is 12.7 Å². The molecule has 2 aromatic heterocycles. The van der Waals surface area contributed by atoms with Crippen molar-refractivity contribution in [3.63, 3.8) is 0 Å². The van der Waals surface area contributed by atoms with Crippen molar-refractivity contribution in [3.8, 4) is 11.8 Å². The molecule has 0 radical (unpaired) electrons. The average molecular weight is 415 g/mol. The first-order valence-corrected chi connectivity index (χ1v) is 10.1. The summed E-state index contributed by atoms with van der Waals surface area (Å²) in [7, 11) is -3.90. The summed E-state index contributed by atoms with van der Waals surface area (Å²) in [6.45, 7) is 0.369. The van der Waals surface area contributed by atoms with Crippen molar-refractivity contribution in [1.82, 2.24) is 14.8 Å². The summed E-state index contributed by atoms with van der Waals surface area (Å²) < 4.78 is 37.7. The minimum atomic E-state index is -3.90. The van der Waals surface area contributed by atoms with Gasteiger partial charge in [0.15, 0.2) is 0 Å². The van der Waals surface area contributed by atoms with Crippen molar-refractivity contribution in [2.75, 3.05) is 17.6 Å². The van der Waals surface area contributed by atoms with Crippen molar-refractivity contribution >= 4 is 21.7 Å². The van der Waals surface area contributed by atoms with Crippen LogP contribution in [0.15, 0.2) is 47.5 Å². The standard InChI is InChI=1S/C18H18FN7O2S/c19-12-5-7-13(8-6-12)26-17(21)14(11-20)15(25-26)3-1-9-23-18-16(29(22,27)28)4-2-10-24-18/h2,4-8,10H,1,3,9,21H2,(H,23,24)(H2,22,27,28). The van der Waals surface area contributed by atoms with E-state index in [0.717, 1.165) is 0 Å². The third kappa shape index (κ3) is 4.50. The Morgan fingerprint density at radius 2 is 1.97 bits per heavy atom. The van der Waals surface area contributed by atoms with Crippen molar-refractivity contribution < 1.29 is 12.8 Å². The molecule has 0 unspecified atom stereocenters. The van der Waals surface area contributed by atoms with Gasteiger partial charge in [-0.3, -0.25) is 0 Å². The van der Waals surface area contributed by atoms with Gasteiger partial charge >= 0.3 is 0 Å². The molecule has 0 fully saturated rings. The number of aryl methyl sites for hydroxylation is 1. The number of rotatable bonds is 7. The van der Waals surface area contributed by atoms with Crippen LogP contribution >= 0.6 is 0 Å². The number of anilines is 2. The number of sulfonamides is 1. The number of nitrogens with zero attached hydrogens (tertiary/aromatic N) is 4. The Balaban J connectivity index is 1.72. The maximum absolute atomic E-state index is 13.1. The number of nitrogen functional groups attached to an aromatic ring is 1. The van der Waals surface area contributed by atoms with Gasteiger partial charge in [-0.25, -0.2) is 27.6 Å². The maximum atomic E-state index is 13.1. The molecule has 3 rings (SSSR count). The van der Waals surface area contributed by atoms with Gasteiger partial charge in [0.2, 0.25) is 10.0 Å². The monoisotopic (exact) mass is 415 g/mol. The fraction of sp³-hybridized carbons (Fsp3) is 0.167. The van der Waals surface area contributed by atoms with E-state index in [1.807, 2.05) is 6.07 Å². The third-order valence-corrected chi connectivity index (χ3v) is 5.08. The summed E-state index contributed by atoms with van der Waals surface area (Å²) in [5.74, 6) is -0.0603. The number of primary sulfonamides is 1. The molecule has 11 heteroatoms. The van der Waals surface area contributed by atoms with Gasteiger partial charge in [-0.1, -0.05) is 0 Å². The number of halogens is 1. The lowest BCUT2D eigenvalue weighted by Gasteiger charge is -2.08. The molecule has 0 saturated carbocycles. The van der Waals surface area contributed by atoms with E-state index in [9.17, 15) is 18.1 Å². The molecule has 9 nitrogen and oxygen atoms in total. The predicted octanol–water partition coefficient (Wildman–Crippen LogP) is 1.55. The van der Waals surface area contributed by atoms with Crippen LogP contribution in [0.2, 0.25) is 0 Å². The second kappa shape index (κ2) is 8.26. The zero-order valence-corrected chi connectivity index (χ0v) is 16.0. The molecule has 5 N–H and O–H groups in total. The van der Waals surface area contributed by atoms with Gasteiger partial charge in [0.1, 0.15) is 34.0 Å². The van der Waals surface area contributed by atoms with Gasteiger partial charge in [-0.15, -0.1) is 0 Å². The minimum absolute atomic E-state index is 0.0949. The topological polar surface area (TPSA) is 153 Å². The largest absolute Gasteiger partial charge is 0.382 e. The van der Waals surface area contributed by atoms with Crippen LogP contribution in [0.1, 0.15) is 17.7 Å². The lowest BCUT2D eigenvalue weighted by Crippen LogP contribution is -2.16. The molecule has 3 aromatic rings. The molecule has 150 valence electrons. The van der Waals surface area contributed by atoms with Crippen LogP contribution in [-0.2, 0) is 16.4 Å². The Morgan fingerprint density at radius 3 is 2.62 bits per heavy atom. The first-order valence-electron chi connectivity index (χ1n) is 8.56. The van der Waals surface area contributed by atoms with Gasteiger partial charge < -0.3 is 11.1 Å². The highest BCUT2D eigenvalue weighted by Gasteiger charge is 2.17. The van der Waals surface area contributed by atoms with E-state index in [1.54, 1.807) is 0 Å². The molecule has 0 aliphatic rings. The van der Waals surface area contributed by atoms with E-state index < -0.39 is 10.0 Å². The Labute approximate surface area is 166 Å². The van der Waals surface area contributed by atoms with Crippen LogP contribution in [0.25, 0.3) is 5.69 Å². The Morgan fingerprint density at radius 1 is 1.24 bits per heavy atom. The highest BCUT2D eigenvalue weighted by Crippen LogP contribution is 2.22. The number of benzene rings is 1. The average Bonchev–Trinajstić information content (AvgIpc) is 3.01. The molecule has 29 heavy (non-hydrogen) atoms. The zero-order chi connectivity index (χ0) is 21.0. The lowest BCUT2D eigenvalue weighted by atomic mass is 10.1. The maximum Gasteiger partial charge on any atom is 0.241 e. The van der Waals surface area contributed by atoms with Gasteiger partial charge in [-0.05, 0) is 49.2 Å². The number of nitrogens with one attached hydrogen (secondary N) is 1. The third-order valence-electron chi connectivity index (χ3n) is 4.14. The smallest absolute Gasteiger partial charge is 0.241 e. The molecule has 2 heterocycles. The molecule has 0 bridgehead atoms. The summed E-state index contributed by atoms with van der Waals surface area (Å²) in [6.07, 6.45) is 2.39. The summed E-state index contributed by atoms with van der Waals surface area (Å²) in [5.41, 5.74) is 7.30. The Kier molecular flexibility index (Phi) is 5.76. The molecule has 1 aromatic carbocycles. The summed E-state index contributed by atoms with van der Waals surface area (Å²) in [4.78, 5) is 3.90. The lowest BCUT2D eigenvalue weighted by molar-refractivity contribution is 0.597. The van der Waals surface area contributed by atoms with Crippen molar-refractivity contribution in [2.24, 2.45) is 5.14 Å². The second-order valence-corrected chi connectivity index (χ2v) is 7.66. The van der Waals surface area contributed by atoms with Crippen molar-refractivity contribution in [2.45, 2.75) is 17.7 Å². The van der Waals surface area contributed by atoms with Crippen molar-refractivity contribution in [3.05, 3.63) is 59.7 Å². The van der Waals surface area contributed by atoms with E-state index in [1.165, 1.54) is 47.3 Å². The highest BCUT2D eigenvalue weighted by molar-refractivity contribution is 7.89. The molecule has 0 amide bonds.